The van der Waals surface area contributed by atoms with Gasteiger partial charge in [0.2, 0.25) is 0 Å². The lowest BCUT2D eigenvalue weighted by Gasteiger charge is -2.21. The van der Waals surface area contributed by atoms with Crippen LogP contribution in [0.2, 0.25) is 0 Å². The first kappa shape index (κ1) is 23.2. The van der Waals surface area contributed by atoms with Crippen LogP contribution in [0.3, 0.4) is 0 Å². The van der Waals surface area contributed by atoms with E-state index in [1.54, 1.807) is 0 Å². The summed E-state index contributed by atoms with van der Waals surface area (Å²) in [6.07, 6.45) is 1.14. The van der Waals surface area contributed by atoms with Gasteiger partial charge in [-0.3, -0.25) is 9.89 Å². The van der Waals surface area contributed by atoms with Crippen molar-refractivity contribution in [1.29, 1.82) is 0 Å². The third-order valence-electron chi connectivity index (χ3n) is 4.49. The van der Waals surface area contributed by atoms with Crippen molar-refractivity contribution < 1.29 is 4.74 Å². The van der Waals surface area contributed by atoms with Gasteiger partial charge in [0, 0.05) is 45.4 Å². The van der Waals surface area contributed by atoms with Gasteiger partial charge in [-0.2, -0.15) is 0 Å². The zero-order chi connectivity index (χ0) is 18.1. The normalized spacial score (nSPS) is 20.9. The predicted molar refractivity (Wildman–Crippen MR) is 120 cm³/mol. The van der Waals surface area contributed by atoms with Crippen molar-refractivity contribution in [2.45, 2.75) is 45.8 Å². The number of likely N-dealkylation sites (tertiary alicyclic amines) is 1. The van der Waals surface area contributed by atoms with Gasteiger partial charge < -0.3 is 15.4 Å². The first-order valence-electron chi connectivity index (χ1n) is 9.41. The molecule has 1 aromatic carbocycles. The number of aliphatic imine (C=N–C) groups is 1. The van der Waals surface area contributed by atoms with E-state index in [4.69, 9.17) is 4.74 Å². The van der Waals surface area contributed by atoms with Gasteiger partial charge in [0.05, 0.1) is 6.61 Å². The van der Waals surface area contributed by atoms with Gasteiger partial charge >= 0.3 is 0 Å². The highest BCUT2D eigenvalue weighted by molar-refractivity contribution is 14.0. The van der Waals surface area contributed by atoms with Crippen molar-refractivity contribution in [3.63, 3.8) is 0 Å². The number of nitrogens with zero attached hydrogens (tertiary/aromatic N) is 2. The van der Waals surface area contributed by atoms with Crippen LogP contribution in [-0.2, 0) is 11.3 Å². The Balaban J connectivity index is 0.00000338. The van der Waals surface area contributed by atoms with Crippen molar-refractivity contribution in [2.24, 2.45) is 10.9 Å². The van der Waals surface area contributed by atoms with E-state index >= 15 is 0 Å². The molecule has 0 aliphatic carbocycles. The summed E-state index contributed by atoms with van der Waals surface area (Å²) in [7, 11) is 1.82. The first-order chi connectivity index (χ1) is 12.1. The number of rotatable bonds is 8. The zero-order valence-corrected chi connectivity index (χ0v) is 18.9. The minimum Gasteiger partial charge on any atom is -0.379 e. The maximum atomic E-state index is 5.61. The number of hydrogen-bond donors (Lipinski definition) is 2. The number of halogens is 1. The highest BCUT2D eigenvalue weighted by atomic mass is 127. The molecule has 0 bridgehead atoms. The molecule has 1 saturated heterocycles. The Morgan fingerprint density at radius 1 is 1.31 bits per heavy atom. The summed E-state index contributed by atoms with van der Waals surface area (Å²) in [4.78, 5) is 6.87. The Morgan fingerprint density at radius 3 is 2.69 bits per heavy atom. The molecule has 1 aromatic rings. The molecule has 2 atom stereocenters. The van der Waals surface area contributed by atoms with Crippen LogP contribution < -0.4 is 10.6 Å². The molecule has 0 radical (unpaired) electrons. The molecule has 2 unspecified atom stereocenters. The topological polar surface area (TPSA) is 48.9 Å². The van der Waals surface area contributed by atoms with E-state index in [1.807, 2.05) is 7.05 Å². The number of benzene rings is 1. The molecular weight excluding hydrogens is 439 g/mol. The van der Waals surface area contributed by atoms with Crippen LogP contribution in [0.4, 0.5) is 0 Å². The predicted octanol–water partition coefficient (Wildman–Crippen LogP) is 3.11. The van der Waals surface area contributed by atoms with E-state index < -0.39 is 0 Å². The van der Waals surface area contributed by atoms with E-state index in [9.17, 15) is 0 Å². The SMILES string of the molecule is CN=C(NCCOCC(C)C)NC1CC(C)N(Cc2ccccc2)C1.I. The molecule has 0 aromatic heterocycles. The zero-order valence-electron chi connectivity index (χ0n) is 16.6. The average molecular weight is 474 g/mol. The van der Waals surface area contributed by atoms with Crippen molar-refractivity contribution in [2.75, 3.05) is 33.4 Å². The van der Waals surface area contributed by atoms with Crippen LogP contribution in [0.1, 0.15) is 32.8 Å². The van der Waals surface area contributed by atoms with Gasteiger partial charge in [-0.15, -0.1) is 24.0 Å². The first-order valence-corrected chi connectivity index (χ1v) is 9.41. The fraction of sp³-hybridized carbons (Fsp3) is 0.650. The van der Waals surface area contributed by atoms with Crippen LogP contribution >= 0.6 is 24.0 Å². The van der Waals surface area contributed by atoms with Crippen LogP contribution in [0.5, 0.6) is 0 Å². The third kappa shape index (κ3) is 8.22. The highest BCUT2D eigenvalue weighted by Gasteiger charge is 2.29. The van der Waals surface area contributed by atoms with Crippen LogP contribution in [-0.4, -0.2) is 56.3 Å². The van der Waals surface area contributed by atoms with Gasteiger partial charge in [0.15, 0.2) is 5.96 Å². The van der Waals surface area contributed by atoms with E-state index in [-0.39, 0.29) is 24.0 Å². The smallest absolute Gasteiger partial charge is 0.191 e. The Hall–Kier alpha value is -0.860. The molecule has 1 fully saturated rings. The fourth-order valence-corrected chi connectivity index (χ4v) is 3.19. The van der Waals surface area contributed by atoms with Gasteiger partial charge in [-0.1, -0.05) is 44.2 Å². The summed E-state index contributed by atoms with van der Waals surface area (Å²) in [5.41, 5.74) is 1.37. The quantitative estimate of drug-likeness (QED) is 0.263. The number of ether oxygens (including phenoxy) is 1. The minimum absolute atomic E-state index is 0. The lowest BCUT2D eigenvalue weighted by atomic mass is 10.2. The molecule has 1 aliphatic rings. The molecular formula is C20H35IN4O. The summed E-state index contributed by atoms with van der Waals surface area (Å²) in [6, 6.07) is 11.7. The van der Waals surface area contributed by atoms with Crippen LogP contribution in [0, 0.1) is 5.92 Å². The van der Waals surface area contributed by atoms with Gasteiger partial charge in [0.25, 0.3) is 0 Å². The van der Waals surface area contributed by atoms with Crippen molar-refractivity contribution in [1.82, 2.24) is 15.5 Å². The molecule has 0 amide bonds. The maximum Gasteiger partial charge on any atom is 0.191 e. The molecule has 2 rings (SSSR count). The molecule has 0 spiro atoms. The van der Waals surface area contributed by atoms with E-state index in [0.29, 0.717) is 24.6 Å². The lowest BCUT2D eigenvalue weighted by Crippen LogP contribution is -2.45. The lowest BCUT2D eigenvalue weighted by molar-refractivity contribution is 0.114. The van der Waals surface area contributed by atoms with E-state index in [2.05, 4.69) is 71.6 Å². The fourth-order valence-electron chi connectivity index (χ4n) is 3.19. The largest absolute Gasteiger partial charge is 0.379 e. The Labute approximate surface area is 176 Å². The Morgan fingerprint density at radius 2 is 2.04 bits per heavy atom. The second kappa shape index (κ2) is 12.5. The standard InChI is InChI=1S/C20H34N4O.HI/c1-16(2)15-25-11-10-22-20(21-4)23-19-12-17(3)24(14-19)13-18-8-6-5-7-9-18;/h5-9,16-17,19H,10-15H2,1-4H3,(H2,21,22,23);1H. The van der Waals surface area contributed by atoms with E-state index in [1.165, 1.54) is 5.56 Å². The number of nitrogens with one attached hydrogen (secondary N) is 2. The van der Waals surface area contributed by atoms with Gasteiger partial charge in [-0.05, 0) is 24.8 Å². The summed E-state index contributed by atoms with van der Waals surface area (Å²) in [6.45, 7) is 11.0. The van der Waals surface area contributed by atoms with E-state index in [0.717, 1.165) is 38.6 Å². The Bertz CT molecular complexity index is 524. The van der Waals surface area contributed by atoms with Crippen molar-refractivity contribution >= 4 is 29.9 Å². The molecule has 1 aliphatic heterocycles. The molecule has 2 N–H and O–H groups in total. The van der Waals surface area contributed by atoms with Gasteiger partial charge in [0.1, 0.15) is 0 Å². The molecule has 5 nitrogen and oxygen atoms in total. The summed E-state index contributed by atoms with van der Waals surface area (Å²) in [5.74, 6) is 1.44. The second-order valence-electron chi connectivity index (χ2n) is 7.31. The van der Waals surface area contributed by atoms with Gasteiger partial charge in [-0.25, -0.2) is 0 Å². The summed E-state index contributed by atoms with van der Waals surface area (Å²) < 4.78 is 5.61. The van der Waals surface area contributed by atoms with Crippen LogP contribution in [0.25, 0.3) is 0 Å². The molecule has 0 saturated carbocycles. The van der Waals surface area contributed by atoms with Crippen LogP contribution in [0.15, 0.2) is 35.3 Å². The van der Waals surface area contributed by atoms with Crippen molar-refractivity contribution in [3.05, 3.63) is 35.9 Å². The maximum absolute atomic E-state index is 5.61. The summed E-state index contributed by atoms with van der Waals surface area (Å²) >= 11 is 0. The second-order valence-corrected chi connectivity index (χ2v) is 7.31. The average Bonchev–Trinajstić information content (AvgIpc) is 2.93. The number of guanidine groups is 1. The third-order valence-corrected chi connectivity index (χ3v) is 4.49. The molecule has 26 heavy (non-hydrogen) atoms. The molecule has 148 valence electrons. The number of hydrogen-bond acceptors (Lipinski definition) is 3. The Kier molecular flexibility index (Phi) is 11.2. The minimum atomic E-state index is 0. The highest BCUT2D eigenvalue weighted by Crippen LogP contribution is 2.20. The molecule has 1 heterocycles. The molecule has 6 heteroatoms. The monoisotopic (exact) mass is 474 g/mol. The van der Waals surface area contributed by atoms with Crippen molar-refractivity contribution in [3.8, 4) is 0 Å². The summed E-state index contributed by atoms with van der Waals surface area (Å²) in [5, 5.41) is 6.90.